The van der Waals surface area contributed by atoms with E-state index in [1.807, 2.05) is 0 Å². The molecule has 0 amide bonds. The molecule has 6 nitrogen and oxygen atoms in total. The van der Waals surface area contributed by atoms with Gasteiger partial charge >= 0.3 is 0 Å². The summed E-state index contributed by atoms with van der Waals surface area (Å²) in [6.45, 7) is 3.07. The Balaban J connectivity index is 2.01. The van der Waals surface area contributed by atoms with Gasteiger partial charge in [-0.05, 0) is 13.0 Å². The standard InChI is InChI=1S/C9H17N3O3S/c1-2-16(13,14)7-3-5-10-6-4-9-11-8-12-15-9/h8,10H,2-7H2,1H3. The Kier molecular flexibility index (Phi) is 5.41. The molecule has 0 aliphatic rings. The van der Waals surface area contributed by atoms with Gasteiger partial charge in [0.2, 0.25) is 5.89 Å². The Morgan fingerprint density at radius 3 is 2.88 bits per heavy atom. The zero-order chi connectivity index (χ0) is 11.9. The molecule has 16 heavy (non-hydrogen) atoms. The normalized spacial score (nSPS) is 11.8. The summed E-state index contributed by atoms with van der Waals surface area (Å²) in [5, 5.41) is 6.62. The van der Waals surface area contributed by atoms with Gasteiger partial charge in [-0.25, -0.2) is 8.42 Å². The first-order valence-electron chi connectivity index (χ1n) is 5.31. The largest absolute Gasteiger partial charge is 0.340 e. The van der Waals surface area contributed by atoms with Crippen LogP contribution in [0.5, 0.6) is 0 Å². The fraction of sp³-hybridized carbons (Fsp3) is 0.778. The molecule has 0 aliphatic heterocycles. The molecule has 0 aromatic carbocycles. The van der Waals surface area contributed by atoms with Crippen LogP contribution in [0.15, 0.2) is 10.9 Å². The van der Waals surface area contributed by atoms with Crippen LogP contribution in [0.4, 0.5) is 0 Å². The van der Waals surface area contributed by atoms with Crippen LogP contribution in [0, 0.1) is 0 Å². The van der Waals surface area contributed by atoms with Crippen LogP contribution in [0.2, 0.25) is 0 Å². The monoisotopic (exact) mass is 247 g/mol. The second-order valence-corrected chi connectivity index (χ2v) is 5.90. The first-order valence-corrected chi connectivity index (χ1v) is 7.13. The lowest BCUT2D eigenvalue weighted by Crippen LogP contribution is -2.21. The highest BCUT2D eigenvalue weighted by Crippen LogP contribution is 1.93. The lowest BCUT2D eigenvalue weighted by molar-refractivity contribution is 0.375. The molecule has 1 aromatic rings. The van der Waals surface area contributed by atoms with Crippen LogP contribution in [0.1, 0.15) is 19.2 Å². The van der Waals surface area contributed by atoms with Gasteiger partial charge in [0.25, 0.3) is 0 Å². The number of hydrogen-bond acceptors (Lipinski definition) is 6. The number of hydrogen-bond donors (Lipinski definition) is 1. The molecule has 0 saturated heterocycles. The summed E-state index contributed by atoms with van der Waals surface area (Å²) in [6, 6.07) is 0. The Morgan fingerprint density at radius 2 is 2.25 bits per heavy atom. The van der Waals surface area contributed by atoms with Crippen LogP contribution >= 0.6 is 0 Å². The Morgan fingerprint density at radius 1 is 1.44 bits per heavy atom. The lowest BCUT2D eigenvalue weighted by atomic mass is 10.4. The number of nitrogens with zero attached hydrogens (tertiary/aromatic N) is 2. The van der Waals surface area contributed by atoms with Crippen LogP contribution in [-0.4, -0.2) is 43.2 Å². The van der Waals surface area contributed by atoms with Crippen molar-refractivity contribution in [1.82, 2.24) is 15.5 Å². The van der Waals surface area contributed by atoms with Gasteiger partial charge in [0.15, 0.2) is 6.33 Å². The molecule has 0 saturated carbocycles. The summed E-state index contributed by atoms with van der Waals surface area (Å²) in [4.78, 5) is 3.87. The fourth-order valence-corrected chi connectivity index (χ4v) is 2.06. The van der Waals surface area contributed by atoms with E-state index in [1.165, 1.54) is 6.33 Å². The van der Waals surface area contributed by atoms with Crippen molar-refractivity contribution in [2.24, 2.45) is 0 Å². The smallest absolute Gasteiger partial charge is 0.227 e. The summed E-state index contributed by atoms with van der Waals surface area (Å²) < 4.78 is 27.1. The van der Waals surface area contributed by atoms with Gasteiger partial charge in [0.05, 0.1) is 5.75 Å². The van der Waals surface area contributed by atoms with Gasteiger partial charge in [-0.1, -0.05) is 12.1 Å². The predicted molar refractivity (Wildman–Crippen MR) is 59.8 cm³/mol. The number of rotatable bonds is 8. The predicted octanol–water partition coefficient (Wildman–Crippen LogP) is 0.0265. The first-order chi connectivity index (χ1) is 7.64. The van der Waals surface area contributed by atoms with E-state index >= 15 is 0 Å². The quantitative estimate of drug-likeness (QED) is 0.652. The molecule has 0 unspecified atom stereocenters. The van der Waals surface area contributed by atoms with Gasteiger partial charge < -0.3 is 9.84 Å². The molecule has 1 rings (SSSR count). The van der Waals surface area contributed by atoms with Gasteiger partial charge in [-0.3, -0.25) is 0 Å². The Bertz CT molecular complexity index is 375. The zero-order valence-electron chi connectivity index (χ0n) is 9.35. The zero-order valence-corrected chi connectivity index (χ0v) is 10.2. The first kappa shape index (κ1) is 13.1. The average molecular weight is 247 g/mol. The molecule has 1 heterocycles. The molecule has 0 aliphatic carbocycles. The summed E-state index contributed by atoms with van der Waals surface area (Å²) in [5.74, 6) is 1.06. The molecule has 0 spiro atoms. The number of aromatic nitrogens is 2. The third-order valence-corrected chi connectivity index (χ3v) is 3.96. The van der Waals surface area contributed by atoms with E-state index in [1.54, 1.807) is 6.92 Å². The van der Waals surface area contributed by atoms with Crippen LogP contribution in [0.3, 0.4) is 0 Å². The van der Waals surface area contributed by atoms with E-state index < -0.39 is 9.84 Å². The maximum atomic E-state index is 11.2. The topological polar surface area (TPSA) is 85.1 Å². The maximum absolute atomic E-state index is 11.2. The molecule has 7 heteroatoms. The summed E-state index contributed by atoms with van der Waals surface area (Å²) in [6.07, 6.45) is 2.67. The van der Waals surface area contributed by atoms with E-state index in [2.05, 4.69) is 15.5 Å². The van der Waals surface area contributed by atoms with Crippen molar-refractivity contribution in [3.63, 3.8) is 0 Å². The molecular weight excluding hydrogens is 230 g/mol. The van der Waals surface area contributed by atoms with Gasteiger partial charge in [0.1, 0.15) is 9.84 Å². The fourth-order valence-electron chi connectivity index (χ4n) is 1.19. The third kappa shape index (κ3) is 5.22. The Labute approximate surface area is 95.3 Å². The molecule has 0 bridgehead atoms. The highest BCUT2D eigenvalue weighted by atomic mass is 32.2. The van der Waals surface area contributed by atoms with Gasteiger partial charge in [-0.15, -0.1) is 0 Å². The van der Waals surface area contributed by atoms with Crippen molar-refractivity contribution in [3.8, 4) is 0 Å². The van der Waals surface area contributed by atoms with Gasteiger partial charge in [-0.2, -0.15) is 4.98 Å². The molecule has 1 aromatic heterocycles. The minimum atomic E-state index is -2.83. The van der Waals surface area contributed by atoms with Crippen LogP contribution in [-0.2, 0) is 16.3 Å². The summed E-state index contributed by atoms with van der Waals surface area (Å²) >= 11 is 0. The highest BCUT2D eigenvalue weighted by molar-refractivity contribution is 7.91. The van der Waals surface area contributed by atoms with Crippen molar-refractivity contribution in [2.75, 3.05) is 24.6 Å². The lowest BCUT2D eigenvalue weighted by Gasteiger charge is -2.03. The second kappa shape index (κ2) is 6.59. The average Bonchev–Trinajstić information content (AvgIpc) is 2.76. The van der Waals surface area contributed by atoms with Crippen LogP contribution in [0.25, 0.3) is 0 Å². The van der Waals surface area contributed by atoms with E-state index in [9.17, 15) is 8.42 Å². The second-order valence-electron chi connectivity index (χ2n) is 3.42. The van der Waals surface area contributed by atoms with Crippen molar-refractivity contribution >= 4 is 9.84 Å². The molecular formula is C9H17N3O3S. The highest BCUT2D eigenvalue weighted by Gasteiger charge is 2.05. The SMILES string of the molecule is CCS(=O)(=O)CCCNCCc1ncno1. The number of nitrogens with one attached hydrogen (secondary N) is 1. The molecule has 0 radical (unpaired) electrons. The molecule has 0 fully saturated rings. The van der Waals surface area contributed by atoms with Crippen molar-refractivity contribution in [3.05, 3.63) is 12.2 Å². The van der Waals surface area contributed by atoms with E-state index in [-0.39, 0.29) is 11.5 Å². The minimum Gasteiger partial charge on any atom is -0.340 e. The Hall–Kier alpha value is -0.950. The summed E-state index contributed by atoms with van der Waals surface area (Å²) in [7, 11) is -2.83. The van der Waals surface area contributed by atoms with Gasteiger partial charge in [0, 0.05) is 18.7 Å². The number of sulfone groups is 1. The van der Waals surface area contributed by atoms with Crippen LogP contribution < -0.4 is 5.32 Å². The van der Waals surface area contributed by atoms with E-state index in [0.29, 0.717) is 31.8 Å². The van der Waals surface area contributed by atoms with E-state index in [4.69, 9.17) is 4.52 Å². The maximum Gasteiger partial charge on any atom is 0.227 e. The molecule has 0 atom stereocenters. The third-order valence-electron chi connectivity index (χ3n) is 2.17. The van der Waals surface area contributed by atoms with E-state index in [0.717, 1.165) is 0 Å². The van der Waals surface area contributed by atoms with Crippen molar-refractivity contribution < 1.29 is 12.9 Å². The van der Waals surface area contributed by atoms with Crippen molar-refractivity contribution in [2.45, 2.75) is 19.8 Å². The summed E-state index contributed by atoms with van der Waals surface area (Å²) in [5.41, 5.74) is 0. The minimum absolute atomic E-state index is 0.217. The molecule has 92 valence electrons. The molecule has 1 N–H and O–H groups in total. The van der Waals surface area contributed by atoms with Crippen molar-refractivity contribution in [1.29, 1.82) is 0 Å².